The van der Waals surface area contributed by atoms with Gasteiger partial charge >= 0.3 is 5.97 Å². The van der Waals surface area contributed by atoms with Crippen LogP contribution in [0.1, 0.15) is 11.6 Å². The molecule has 0 radical (unpaired) electrons. The van der Waals surface area contributed by atoms with Gasteiger partial charge in [0.25, 0.3) is 0 Å². The summed E-state index contributed by atoms with van der Waals surface area (Å²) in [6.07, 6.45) is 1.71. The van der Waals surface area contributed by atoms with Gasteiger partial charge in [-0.15, -0.1) is 0 Å². The van der Waals surface area contributed by atoms with Crippen molar-refractivity contribution in [2.45, 2.75) is 6.04 Å². The van der Waals surface area contributed by atoms with Crippen LogP contribution < -0.4 is 5.32 Å². The van der Waals surface area contributed by atoms with E-state index in [-0.39, 0.29) is 5.97 Å². The van der Waals surface area contributed by atoms with Gasteiger partial charge in [0.05, 0.1) is 19.2 Å². The number of pyridine rings is 1. The fourth-order valence-corrected chi connectivity index (χ4v) is 2.59. The Kier molecular flexibility index (Phi) is 5.67. The topological polar surface area (TPSA) is 60.5 Å². The van der Waals surface area contributed by atoms with Gasteiger partial charge in [-0.1, -0.05) is 28.1 Å². The number of hydrogen-bond donors (Lipinski definition) is 1. The number of halogens is 1. The van der Waals surface area contributed by atoms with Crippen LogP contribution in [0.5, 0.6) is 0 Å². The van der Waals surface area contributed by atoms with Crippen molar-refractivity contribution < 1.29 is 14.3 Å². The summed E-state index contributed by atoms with van der Waals surface area (Å²) in [5, 5.41) is 4.10. The number of benzene rings is 1. The Labute approximate surface area is 131 Å². The van der Waals surface area contributed by atoms with E-state index in [2.05, 4.69) is 26.2 Å². The highest BCUT2D eigenvalue weighted by molar-refractivity contribution is 9.10. The second-order valence-electron chi connectivity index (χ2n) is 4.44. The average molecular weight is 353 g/mol. The summed E-state index contributed by atoms with van der Waals surface area (Å²) in [7, 11) is 2.99. The number of fused-ring (bicyclic) bond motifs is 1. The molecule has 0 fully saturated rings. The molecular weight excluding hydrogens is 336 g/mol. The van der Waals surface area contributed by atoms with Crippen LogP contribution in [0.2, 0.25) is 0 Å². The highest BCUT2D eigenvalue weighted by Gasteiger charge is 2.23. The largest absolute Gasteiger partial charge is 0.468 e. The molecule has 0 aliphatic rings. The van der Waals surface area contributed by atoms with E-state index >= 15 is 0 Å². The Morgan fingerprint density at radius 3 is 2.90 bits per heavy atom. The van der Waals surface area contributed by atoms with Crippen molar-refractivity contribution in [3.05, 3.63) is 40.5 Å². The number of ether oxygens (including phenoxy) is 2. The number of esters is 1. The number of nitrogens with zero attached hydrogens (tertiary/aromatic N) is 1. The summed E-state index contributed by atoms with van der Waals surface area (Å²) >= 11 is 3.50. The molecule has 1 atom stereocenters. The lowest BCUT2D eigenvalue weighted by Gasteiger charge is -2.18. The molecule has 0 aliphatic heterocycles. The quantitative estimate of drug-likeness (QED) is 0.639. The third-order valence-electron chi connectivity index (χ3n) is 3.15. The minimum atomic E-state index is -0.573. The van der Waals surface area contributed by atoms with Gasteiger partial charge in [0, 0.05) is 35.3 Å². The van der Waals surface area contributed by atoms with Crippen molar-refractivity contribution in [1.29, 1.82) is 0 Å². The number of hydrogen-bond acceptors (Lipinski definition) is 5. The number of rotatable bonds is 6. The minimum absolute atomic E-state index is 0.347. The van der Waals surface area contributed by atoms with Crippen LogP contribution in [0.15, 0.2) is 34.9 Å². The summed E-state index contributed by atoms with van der Waals surface area (Å²) < 4.78 is 10.8. The normalized spacial score (nSPS) is 12.3. The van der Waals surface area contributed by atoms with Gasteiger partial charge in [-0.05, 0) is 12.1 Å². The lowest BCUT2D eigenvalue weighted by Crippen LogP contribution is -2.32. The van der Waals surface area contributed by atoms with Crippen molar-refractivity contribution >= 4 is 32.8 Å². The maximum Gasteiger partial charge on any atom is 0.327 e. The Morgan fingerprint density at radius 1 is 1.38 bits per heavy atom. The zero-order valence-electron chi connectivity index (χ0n) is 11.9. The lowest BCUT2D eigenvalue weighted by molar-refractivity contribution is -0.143. The fourth-order valence-electron chi connectivity index (χ4n) is 2.14. The molecule has 2 rings (SSSR count). The van der Waals surface area contributed by atoms with E-state index in [0.717, 1.165) is 20.9 Å². The smallest absolute Gasteiger partial charge is 0.327 e. The van der Waals surface area contributed by atoms with Crippen LogP contribution in [0.4, 0.5) is 0 Å². The summed E-state index contributed by atoms with van der Waals surface area (Å²) in [6.45, 7) is 1.05. The number of nitrogens with one attached hydrogen (secondary N) is 1. The predicted octanol–water partition coefficient (Wildman–Crippen LogP) is 2.45. The zero-order valence-corrected chi connectivity index (χ0v) is 13.5. The van der Waals surface area contributed by atoms with Crippen molar-refractivity contribution in [3.63, 3.8) is 0 Å². The number of methoxy groups -OCH3 is 2. The average Bonchev–Trinajstić information content (AvgIpc) is 2.52. The molecule has 0 saturated heterocycles. The van der Waals surface area contributed by atoms with Crippen LogP contribution in [-0.2, 0) is 14.3 Å². The van der Waals surface area contributed by atoms with Gasteiger partial charge in [0.1, 0.15) is 6.04 Å². The summed E-state index contributed by atoms with van der Waals surface area (Å²) in [6, 6.07) is 7.03. The molecule has 0 amide bonds. The Bertz CT molecular complexity index is 633. The second kappa shape index (κ2) is 7.49. The molecule has 112 valence electrons. The highest BCUT2D eigenvalue weighted by atomic mass is 79.9. The molecule has 0 spiro atoms. The van der Waals surface area contributed by atoms with E-state index in [1.165, 1.54) is 7.11 Å². The van der Waals surface area contributed by atoms with Crippen LogP contribution in [0.25, 0.3) is 10.9 Å². The Balaban J connectivity index is 2.44. The monoisotopic (exact) mass is 352 g/mol. The SMILES string of the molecule is COCCNC(C(=O)OC)c1ccc(Br)c2cccnc12. The first kappa shape index (κ1) is 15.9. The molecule has 1 aromatic carbocycles. The maximum absolute atomic E-state index is 12.1. The summed E-state index contributed by atoms with van der Waals surface area (Å²) in [4.78, 5) is 16.5. The Morgan fingerprint density at radius 2 is 2.19 bits per heavy atom. The molecule has 6 heteroatoms. The van der Waals surface area contributed by atoms with E-state index in [0.29, 0.717) is 13.2 Å². The van der Waals surface area contributed by atoms with Crippen LogP contribution in [0, 0.1) is 0 Å². The van der Waals surface area contributed by atoms with Gasteiger partial charge in [-0.2, -0.15) is 0 Å². The summed E-state index contributed by atoms with van der Waals surface area (Å²) in [5.74, 6) is -0.347. The van der Waals surface area contributed by atoms with E-state index in [4.69, 9.17) is 9.47 Å². The molecule has 5 nitrogen and oxygen atoms in total. The van der Waals surface area contributed by atoms with Crippen LogP contribution >= 0.6 is 15.9 Å². The predicted molar refractivity (Wildman–Crippen MR) is 84.1 cm³/mol. The van der Waals surface area contributed by atoms with Gasteiger partial charge in [-0.25, -0.2) is 4.79 Å². The van der Waals surface area contributed by atoms with Crippen molar-refractivity contribution in [2.75, 3.05) is 27.4 Å². The second-order valence-corrected chi connectivity index (χ2v) is 5.29. The van der Waals surface area contributed by atoms with Crippen molar-refractivity contribution in [2.24, 2.45) is 0 Å². The lowest BCUT2D eigenvalue weighted by atomic mass is 10.0. The van der Waals surface area contributed by atoms with Crippen molar-refractivity contribution in [1.82, 2.24) is 10.3 Å². The van der Waals surface area contributed by atoms with Crippen molar-refractivity contribution in [3.8, 4) is 0 Å². The molecule has 21 heavy (non-hydrogen) atoms. The molecule has 1 unspecified atom stereocenters. The van der Waals surface area contributed by atoms with E-state index in [1.54, 1.807) is 13.3 Å². The molecule has 2 aromatic rings. The molecule has 1 N–H and O–H groups in total. The van der Waals surface area contributed by atoms with Crippen LogP contribution in [-0.4, -0.2) is 38.3 Å². The number of carbonyl (C=O) groups excluding carboxylic acids is 1. The number of carbonyl (C=O) groups is 1. The molecule has 1 heterocycles. The van der Waals surface area contributed by atoms with E-state index in [1.807, 2.05) is 24.3 Å². The van der Waals surface area contributed by atoms with E-state index < -0.39 is 6.04 Å². The van der Waals surface area contributed by atoms with Gasteiger partial charge in [-0.3, -0.25) is 10.3 Å². The zero-order chi connectivity index (χ0) is 15.2. The fraction of sp³-hybridized carbons (Fsp3) is 0.333. The minimum Gasteiger partial charge on any atom is -0.468 e. The first-order chi connectivity index (χ1) is 10.2. The third-order valence-corrected chi connectivity index (χ3v) is 3.84. The molecule has 0 aliphatic carbocycles. The highest BCUT2D eigenvalue weighted by Crippen LogP contribution is 2.29. The molecule has 1 aromatic heterocycles. The van der Waals surface area contributed by atoms with Gasteiger partial charge in [0.2, 0.25) is 0 Å². The van der Waals surface area contributed by atoms with Gasteiger partial charge < -0.3 is 9.47 Å². The van der Waals surface area contributed by atoms with Gasteiger partial charge in [0.15, 0.2) is 0 Å². The maximum atomic E-state index is 12.1. The molecule has 0 bridgehead atoms. The standard InChI is InChI=1S/C15H17BrN2O3/c1-20-9-8-18-14(15(19)21-2)11-5-6-12(16)10-4-3-7-17-13(10)11/h3-7,14,18H,8-9H2,1-2H3. The summed E-state index contributed by atoms with van der Waals surface area (Å²) in [5.41, 5.74) is 1.56. The number of aromatic nitrogens is 1. The van der Waals surface area contributed by atoms with E-state index in [9.17, 15) is 4.79 Å². The molecular formula is C15H17BrN2O3. The third kappa shape index (κ3) is 3.58. The first-order valence-electron chi connectivity index (χ1n) is 6.52. The Hall–Kier alpha value is -1.50. The molecule has 0 saturated carbocycles. The van der Waals surface area contributed by atoms with Crippen LogP contribution in [0.3, 0.4) is 0 Å². The first-order valence-corrected chi connectivity index (χ1v) is 7.31.